The number of fused-ring (bicyclic) bond motifs is 1. The maximum Gasteiger partial charge on any atom is 0.324 e. The molecular weight excluding hydrogens is 421 g/mol. The molecule has 0 unspecified atom stereocenters. The Hall–Kier alpha value is -2.16. The molecule has 1 aliphatic heterocycles. The number of ether oxygens (including phenoxy) is 2. The maximum atomic E-state index is 14.7. The van der Waals surface area contributed by atoms with Gasteiger partial charge >= 0.3 is 5.97 Å². The third kappa shape index (κ3) is 3.72. The van der Waals surface area contributed by atoms with Gasteiger partial charge in [0.05, 0.1) is 7.11 Å². The number of rotatable bonds is 4. The SMILES string of the molecule is COC(=O)[C@H]([C@H](C)c1c(F)ccc(C)c1C)N1COc2cc(Cl)ccc2S1(=O)=O. The Labute approximate surface area is 174 Å². The van der Waals surface area contributed by atoms with Gasteiger partial charge in [-0.25, -0.2) is 12.8 Å². The minimum atomic E-state index is -4.12. The molecule has 0 amide bonds. The van der Waals surface area contributed by atoms with E-state index < -0.39 is 40.5 Å². The van der Waals surface area contributed by atoms with E-state index in [9.17, 15) is 17.6 Å². The summed E-state index contributed by atoms with van der Waals surface area (Å²) in [6, 6.07) is 5.76. The van der Waals surface area contributed by atoms with E-state index in [4.69, 9.17) is 21.1 Å². The quantitative estimate of drug-likeness (QED) is 0.675. The molecule has 0 fully saturated rings. The molecule has 1 aliphatic rings. The van der Waals surface area contributed by atoms with E-state index in [-0.39, 0.29) is 16.2 Å². The first-order valence-electron chi connectivity index (χ1n) is 8.87. The van der Waals surface area contributed by atoms with Crippen LogP contribution >= 0.6 is 11.6 Å². The van der Waals surface area contributed by atoms with E-state index >= 15 is 0 Å². The van der Waals surface area contributed by atoms with Crippen LogP contribution in [0.3, 0.4) is 0 Å². The van der Waals surface area contributed by atoms with Crippen molar-refractivity contribution in [2.75, 3.05) is 13.8 Å². The lowest BCUT2D eigenvalue weighted by Crippen LogP contribution is -2.51. The van der Waals surface area contributed by atoms with Crippen molar-refractivity contribution in [3.63, 3.8) is 0 Å². The molecule has 6 nitrogen and oxygen atoms in total. The van der Waals surface area contributed by atoms with Gasteiger partial charge in [-0.3, -0.25) is 4.79 Å². The van der Waals surface area contributed by atoms with E-state index in [1.807, 2.05) is 6.92 Å². The van der Waals surface area contributed by atoms with Gasteiger partial charge in [-0.05, 0) is 48.7 Å². The molecule has 0 saturated heterocycles. The highest BCUT2D eigenvalue weighted by atomic mass is 35.5. The lowest BCUT2D eigenvalue weighted by atomic mass is 9.87. The monoisotopic (exact) mass is 441 g/mol. The number of methoxy groups -OCH3 is 1. The van der Waals surface area contributed by atoms with Gasteiger partial charge < -0.3 is 9.47 Å². The summed E-state index contributed by atoms with van der Waals surface area (Å²) < 4.78 is 52.5. The zero-order valence-corrected chi connectivity index (χ0v) is 18.0. The molecule has 0 aromatic heterocycles. The Kier molecular flexibility index (Phi) is 5.89. The number of nitrogens with zero attached hydrogens (tertiary/aromatic N) is 1. The number of benzene rings is 2. The summed E-state index contributed by atoms with van der Waals surface area (Å²) >= 11 is 5.92. The fourth-order valence-corrected chi connectivity index (χ4v) is 5.37. The molecule has 0 saturated carbocycles. The van der Waals surface area contributed by atoms with Crippen LogP contribution in [0, 0.1) is 19.7 Å². The number of carbonyl (C=O) groups is 1. The van der Waals surface area contributed by atoms with Crippen molar-refractivity contribution >= 4 is 27.6 Å². The summed E-state index contributed by atoms with van der Waals surface area (Å²) in [6.07, 6.45) is 0. The first kappa shape index (κ1) is 21.5. The first-order valence-corrected chi connectivity index (χ1v) is 10.7. The van der Waals surface area contributed by atoms with Crippen molar-refractivity contribution in [1.29, 1.82) is 0 Å². The molecule has 2 aromatic rings. The molecule has 3 rings (SSSR count). The summed E-state index contributed by atoms with van der Waals surface area (Å²) in [6.45, 7) is 4.72. The lowest BCUT2D eigenvalue weighted by Gasteiger charge is -2.36. The van der Waals surface area contributed by atoms with Crippen LogP contribution in [0.25, 0.3) is 0 Å². The van der Waals surface area contributed by atoms with Crippen molar-refractivity contribution in [1.82, 2.24) is 4.31 Å². The standard InChI is InChI=1S/C20H21ClFNO5S/c1-11-5-7-15(22)18(12(11)2)13(3)19(20(24)27-4)23-10-28-16-9-14(21)6-8-17(16)29(23,25)26/h5-9,13,19H,10H2,1-4H3/t13-,19+/m1/s1. The third-order valence-corrected chi connectivity index (χ3v) is 7.33. The molecule has 0 bridgehead atoms. The summed E-state index contributed by atoms with van der Waals surface area (Å²) in [5, 5.41) is 0.322. The number of esters is 1. The van der Waals surface area contributed by atoms with Gasteiger partial charge in [0.2, 0.25) is 10.0 Å². The van der Waals surface area contributed by atoms with Gasteiger partial charge in [-0.2, -0.15) is 0 Å². The number of carbonyl (C=O) groups excluding carboxylic acids is 1. The van der Waals surface area contributed by atoms with Crippen LogP contribution in [0.1, 0.15) is 29.5 Å². The largest absolute Gasteiger partial charge is 0.476 e. The van der Waals surface area contributed by atoms with Gasteiger partial charge in [0.1, 0.15) is 22.5 Å². The van der Waals surface area contributed by atoms with Gasteiger partial charge in [-0.1, -0.05) is 24.6 Å². The van der Waals surface area contributed by atoms with E-state index in [0.29, 0.717) is 10.6 Å². The van der Waals surface area contributed by atoms with E-state index in [1.54, 1.807) is 19.9 Å². The average molecular weight is 442 g/mol. The molecule has 2 aromatic carbocycles. The predicted octanol–water partition coefficient (Wildman–Crippen LogP) is 3.78. The Morgan fingerprint density at radius 2 is 1.97 bits per heavy atom. The smallest absolute Gasteiger partial charge is 0.324 e. The number of hydrogen-bond acceptors (Lipinski definition) is 5. The summed E-state index contributed by atoms with van der Waals surface area (Å²) in [5.74, 6) is -2.04. The zero-order valence-electron chi connectivity index (χ0n) is 16.4. The normalized spacial score (nSPS) is 17.7. The van der Waals surface area contributed by atoms with Crippen LogP contribution < -0.4 is 4.74 Å². The topological polar surface area (TPSA) is 72.9 Å². The van der Waals surface area contributed by atoms with Crippen LogP contribution in [0.4, 0.5) is 4.39 Å². The number of hydrogen-bond donors (Lipinski definition) is 0. The lowest BCUT2D eigenvalue weighted by molar-refractivity contribution is -0.146. The predicted molar refractivity (Wildman–Crippen MR) is 106 cm³/mol. The number of halogens is 2. The van der Waals surface area contributed by atoms with Gasteiger partial charge in [0.15, 0.2) is 6.73 Å². The zero-order chi connectivity index (χ0) is 21.5. The first-order chi connectivity index (χ1) is 13.6. The van der Waals surface area contributed by atoms with Crippen LogP contribution in [-0.4, -0.2) is 38.6 Å². The molecule has 0 aliphatic carbocycles. The molecular formula is C20H21ClFNO5S. The summed E-state index contributed by atoms with van der Waals surface area (Å²) in [5.41, 5.74) is 1.74. The molecule has 0 radical (unpaired) electrons. The second kappa shape index (κ2) is 7.93. The highest BCUT2D eigenvalue weighted by Gasteiger charge is 2.45. The van der Waals surface area contributed by atoms with Gasteiger partial charge in [-0.15, -0.1) is 4.31 Å². The second-order valence-electron chi connectivity index (χ2n) is 6.92. The molecule has 0 spiro atoms. The fraction of sp³-hybridized carbons (Fsp3) is 0.350. The van der Waals surface area contributed by atoms with Crippen molar-refractivity contribution in [3.05, 3.63) is 57.9 Å². The van der Waals surface area contributed by atoms with Crippen LogP contribution in [0.2, 0.25) is 5.02 Å². The van der Waals surface area contributed by atoms with Crippen LogP contribution in [-0.2, 0) is 19.6 Å². The highest BCUT2D eigenvalue weighted by molar-refractivity contribution is 7.89. The summed E-state index contributed by atoms with van der Waals surface area (Å²) in [4.78, 5) is 12.5. The van der Waals surface area contributed by atoms with Crippen molar-refractivity contribution in [3.8, 4) is 5.75 Å². The van der Waals surface area contributed by atoms with Crippen LogP contribution in [0.15, 0.2) is 35.2 Å². The van der Waals surface area contributed by atoms with Crippen molar-refractivity contribution in [2.45, 2.75) is 37.6 Å². The minimum Gasteiger partial charge on any atom is -0.476 e. The van der Waals surface area contributed by atoms with E-state index in [2.05, 4.69) is 0 Å². The number of aryl methyl sites for hydroxylation is 1. The molecule has 29 heavy (non-hydrogen) atoms. The Morgan fingerprint density at radius 1 is 1.28 bits per heavy atom. The fourth-order valence-electron chi connectivity index (χ4n) is 3.58. The molecule has 156 valence electrons. The minimum absolute atomic E-state index is 0.0999. The third-order valence-electron chi connectivity index (χ3n) is 5.25. The molecule has 0 N–H and O–H groups in total. The molecule has 1 heterocycles. The molecule has 2 atom stereocenters. The Balaban J connectivity index is 2.13. The van der Waals surface area contributed by atoms with Gasteiger partial charge in [0.25, 0.3) is 0 Å². The number of sulfonamides is 1. The Morgan fingerprint density at radius 3 is 2.62 bits per heavy atom. The van der Waals surface area contributed by atoms with Crippen molar-refractivity contribution in [2.24, 2.45) is 0 Å². The van der Waals surface area contributed by atoms with Crippen molar-refractivity contribution < 1.29 is 27.1 Å². The van der Waals surface area contributed by atoms with Crippen LogP contribution in [0.5, 0.6) is 5.75 Å². The maximum absolute atomic E-state index is 14.7. The van der Waals surface area contributed by atoms with E-state index in [0.717, 1.165) is 17.0 Å². The second-order valence-corrected chi connectivity index (χ2v) is 9.21. The van der Waals surface area contributed by atoms with E-state index in [1.165, 1.54) is 24.3 Å². The highest BCUT2D eigenvalue weighted by Crippen LogP contribution is 2.38. The average Bonchev–Trinajstić information content (AvgIpc) is 2.66. The molecule has 9 heteroatoms. The van der Waals surface area contributed by atoms with Gasteiger partial charge in [0, 0.05) is 17.0 Å². The Bertz CT molecular complexity index is 1070. The summed E-state index contributed by atoms with van der Waals surface area (Å²) in [7, 11) is -2.96.